The van der Waals surface area contributed by atoms with Gasteiger partial charge >= 0.3 is 0 Å². The molecule has 3 aromatic rings. The Kier molecular flexibility index (Phi) is 4.65. The van der Waals surface area contributed by atoms with E-state index < -0.39 is 0 Å². The zero-order valence-electron chi connectivity index (χ0n) is 13.8. The summed E-state index contributed by atoms with van der Waals surface area (Å²) in [7, 11) is 0. The quantitative estimate of drug-likeness (QED) is 0.742. The van der Waals surface area contributed by atoms with E-state index in [0.717, 1.165) is 31.7 Å². The average molecular weight is 391 g/mol. The van der Waals surface area contributed by atoms with Crippen molar-refractivity contribution in [2.75, 3.05) is 23.3 Å². The SMILES string of the molecule is O=C(Nc1cc(Cl)cc(Cl)c1)C1CCN(c2ccc3nncn3n2)CC1. The van der Waals surface area contributed by atoms with E-state index in [4.69, 9.17) is 23.2 Å². The van der Waals surface area contributed by atoms with Gasteiger partial charge in [0.05, 0.1) is 0 Å². The fourth-order valence-corrected chi connectivity index (χ4v) is 3.65. The lowest BCUT2D eigenvalue weighted by Gasteiger charge is -2.32. The summed E-state index contributed by atoms with van der Waals surface area (Å²) in [6.07, 6.45) is 3.08. The van der Waals surface area contributed by atoms with Crippen LogP contribution in [0.25, 0.3) is 5.65 Å². The van der Waals surface area contributed by atoms with Crippen molar-refractivity contribution in [1.82, 2.24) is 19.8 Å². The molecule has 0 aliphatic carbocycles. The number of nitrogens with zero attached hydrogens (tertiary/aromatic N) is 5. The molecule has 3 heterocycles. The second-order valence-corrected chi connectivity index (χ2v) is 7.11. The molecule has 1 aliphatic rings. The number of carbonyl (C=O) groups excluding carboxylic acids is 1. The van der Waals surface area contributed by atoms with Gasteiger partial charge in [-0.1, -0.05) is 23.2 Å². The first kappa shape index (κ1) is 17.1. The number of rotatable bonds is 3. The highest BCUT2D eigenvalue weighted by Gasteiger charge is 2.26. The Morgan fingerprint density at radius 3 is 2.58 bits per heavy atom. The van der Waals surface area contributed by atoms with E-state index in [2.05, 4.69) is 25.5 Å². The van der Waals surface area contributed by atoms with Crippen molar-refractivity contribution in [2.45, 2.75) is 12.8 Å². The molecule has 0 radical (unpaired) electrons. The molecule has 1 fully saturated rings. The zero-order chi connectivity index (χ0) is 18.1. The molecule has 7 nitrogen and oxygen atoms in total. The molecule has 0 saturated carbocycles. The highest BCUT2D eigenvalue weighted by molar-refractivity contribution is 6.35. The summed E-state index contributed by atoms with van der Waals surface area (Å²) in [5.74, 6) is 0.797. The molecule has 1 amide bonds. The van der Waals surface area contributed by atoms with Crippen molar-refractivity contribution in [3.05, 3.63) is 46.7 Å². The second-order valence-electron chi connectivity index (χ2n) is 6.23. The Bertz CT molecular complexity index is 931. The van der Waals surface area contributed by atoms with Crippen LogP contribution in [0.1, 0.15) is 12.8 Å². The number of carbonyl (C=O) groups is 1. The van der Waals surface area contributed by atoms with Crippen molar-refractivity contribution in [1.29, 1.82) is 0 Å². The largest absolute Gasteiger partial charge is 0.355 e. The molecule has 1 saturated heterocycles. The van der Waals surface area contributed by atoms with Gasteiger partial charge in [-0.15, -0.1) is 15.3 Å². The summed E-state index contributed by atoms with van der Waals surface area (Å²) in [6.45, 7) is 1.52. The molecule has 1 aliphatic heterocycles. The van der Waals surface area contributed by atoms with E-state index in [1.807, 2.05) is 12.1 Å². The molecular formula is C17H16Cl2N6O. The Labute approximate surface area is 159 Å². The monoisotopic (exact) mass is 390 g/mol. The van der Waals surface area contributed by atoms with Gasteiger partial charge in [-0.25, -0.2) is 0 Å². The molecule has 4 rings (SSSR count). The third-order valence-corrected chi connectivity index (χ3v) is 4.90. The minimum Gasteiger partial charge on any atom is -0.355 e. The number of amides is 1. The van der Waals surface area contributed by atoms with Gasteiger partial charge in [-0.3, -0.25) is 4.79 Å². The average Bonchev–Trinajstić information content (AvgIpc) is 3.08. The molecule has 0 atom stereocenters. The summed E-state index contributed by atoms with van der Waals surface area (Å²) in [6, 6.07) is 8.84. The molecule has 1 aromatic carbocycles. The smallest absolute Gasteiger partial charge is 0.227 e. The summed E-state index contributed by atoms with van der Waals surface area (Å²) in [5.41, 5.74) is 1.33. The number of piperidine rings is 1. The van der Waals surface area contributed by atoms with E-state index in [9.17, 15) is 4.79 Å². The maximum absolute atomic E-state index is 12.5. The van der Waals surface area contributed by atoms with Crippen LogP contribution >= 0.6 is 23.2 Å². The number of fused-ring (bicyclic) bond motifs is 1. The van der Waals surface area contributed by atoms with Crippen molar-refractivity contribution >= 4 is 46.3 Å². The van der Waals surface area contributed by atoms with Crippen LogP contribution in [0.15, 0.2) is 36.7 Å². The van der Waals surface area contributed by atoms with E-state index in [-0.39, 0.29) is 11.8 Å². The second kappa shape index (κ2) is 7.09. The van der Waals surface area contributed by atoms with Crippen molar-refractivity contribution in [3.8, 4) is 0 Å². The number of hydrogen-bond donors (Lipinski definition) is 1. The lowest BCUT2D eigenvalue weighted by atomic mass is 9.96. The lowest BCUT2D eigenvalue weighted by Crippen LogP contribution is -2.38. The first-order chi connectivity index (χ1) is 12.6. The predicted molar refractivity (Wildman–Crippen MR) is 101 cm³/mol. The van der Waals surface area contributed by atoms with Crippen LogP contribution in [0.3, 0.4) is 0 Å². The number of nitrogens with one attached hydrogen (secondary N) is 1. The van der Waals surface area contributed by atoms with E-state index in [0.29, 0.717) is 21.4 Å². The number of anilines is 2. The topological polar surface area (TPSA) is 75.4 Å². The van der Waals surface area contributed by atoms with Crippen LogP contribution in [-0.4, -0.2) is 38.8 Å². The molecule has 2 aromatic heterocycles. The molecule has 134 valence electrons. The zero-order valence-corrected chi connectivity index (χ0v) is 15.3. The van der Waals surface area contributed by atoms with Crippen LogP contribution < -0.4 is 10.2 Å². The van der Waals surface area contributed by atoms with Crippen LogP contribution in [0.5, 0.6) is 0 Å². The van der Waals surface area contributed by atoms with E-state index in [1.165, 1.54) is 0 Å². The first-order valence-corrected chi connectivity index (χ1v) is 9.03. The number of benzene rings is 1. The first-order valence-electron chi connectivity index (χ1n) is 8.27. The minimum absolute atomic E-state index is 0.00907. The molecular weight excluding hydrogens is 375 g/mol. The highest BCUT2D eigenvalue weighted by atomic mass is 35.5. The van der Waals surface area contributed by atoms with Gasteiger partial charge in [0.15, 0.2) is 5.65 Å². The van der Waals surface area contributed by atoms with Crippen LogP contribution in [0, 0.1) is 5.92 Å². The standard InChI is InChI=1S/C17H16Cl2N6O/c18-12-7-13(19)9-14(8-12)21-17(26)11-3-5-24(6-4-11)16-2-1-15-22-20-10-25(15)23-16/h1-2,7-11H,3-6H2,(H,21,26). The Morgan fingerprint density at radius 2 is 1.85 bits per heavy atom. The molecule has 9 heteroatoms. The Hall–Kier alpha value is -2.38. The third kappa shape index (κ3) is 3.59. The number of aromatic nitrogens is 4. The third-order valence-electron chi connectivity index (χ3n) is 4.47. The van der Waals surface area contributed by atoms with Crippen molar-refractivity contribution < 1.29 is 4.79 Å². The van der Waals surface area contributed by atoms with E-state index >= 15 is 0 Å². The summed E-state index contributed by atoms with van der Waals surface area (Å²) in [5, 5.41) is 16.2. The molecule has 1 N–H and O–H groups in total. The van der Waals surface area contributed by atoms with Crippen molar-refractivity contribution in [3.63, 3.8) is 0 Å². The molecule has 0 unspecified atom stereocenters. The normalized spacial score (nSPS) is 15.4. The van der Waals surface area contributed by atoms with Gasteiger partial charge in [0, 0.05) is 34.7 Å². The van der Waals surface area contributed by atoms with Gasteiger partial charge in [0.25, 0.3) is 0 Å². The number of halogens is 2. The lowest BCUT2D eigenvalue weighted by molar-refractivity contribution is -0.120. The van der Waals surface area contributed by atoms with Gasteiger partial charge in [0.2, 0.25) is 5.91 Å². The highest BCUT2D eigenvalue weighted by Crippen LogP contribution is 2.26. The minimum atomic E-state index is -0.0531. The molecule has 0 bridgehead atoms. The van der Waals surface area contributed by atoms with Gasteiger partial charge in [-0.2, -0.15) is 4.52 Å². The van der Waals surface area contributed by atoms with Crippen molar-refractivity contribution in [2.24, 2.45) is 5.92 Å². The van der Waals surface area contributed by atoms with Gasteiger partial charge in [-0.05, 0) is 43.2 Å². The number of hydrogen-bond acceptors (Lipinski definition) is 5. The molecule has 26 heavy (non-hydrogen) atoms. The van der Waals surface area contributed by atoms with E-state index in [1.54, 1.807) is 29.0 Å². The van der Waals surface area contributed by atoms with Crippen LogP contribution in [0.4, 0.5) is 11.5 Å². The fraction of sp³-hybridized carbons (Fsp3) is 0.294. The Balaban J connectivity index is 1.38. The maximum atomic E-state index is 12.5. The summed E-state index contributed by atoms with van der Waals surface area (Å²) < 4.78 is 1.65. The fourth-order valence-electron chi connectivity index (χ4n) is 3.13. The molecule has 0 spiro atoms. The Morgan fingerprint density at radius 1 is 1.12 bits per heavy atom. The van der Waals surface area contributed by atoms with Crippen LogP contribution in [0.2, 0.25) is 10.0 Å². The summed E-state index contributed by atoms with van der Waals surface area (Å²) in [4.78, 5) is 14.7. The van der Waals surface area contributed by atoms with Crippen LogP contribution in [-0.2, 0) is 4.79 Å². The maximum Gasteiger partial charge on any atom is 0.227 e. The summed E-state index contributed by atoms with van der Waals surface area (Å²) >= 11 is 12.0. The predicted octanol–water partition coefficient (Wildman–Crippen LogP) is 3.29. The van der Waals surface area contributed by atoms with Gasteiger partial charge < -0.3 is 10.2 Å². The van der Waals surface area contributed by atoms with Gasteiger partial charge in [0.1, 0.15) is 12.1 Å².